The van der Waals surface area contributed by atoms with Gasteiger partial charge in [0.15, 0.2) is 0 Å². The topological polar surface area (TPSA) is 52.6 Å². The highest BCUT2D eigenvalue weighted by atomic mass is 16.7. The van der Waals surface area contributed by atoms with Crippen LogP contribution in [0.5, 0.6) is 0 Å². The van der Waals surface area contributed by atoms with Crippen LogP contribution in [0, 0.1) is 18.8 Å². The molecule has 1 aromatic rings. The molecule has 2 atom stereocenters. The Hall–Kier alpha value is -2.36. The monoisotopic (exact) mass is 354 g/mol. The van der Waals surface area contributed by atoms with Crippen molar-refractivity contribution in [2.45, 2.75) is 51.7 Å². The first-order valence-electron chi connectivity index (χ1n) is 9.41. The Morgan fingerprint density at radius 3 is 1.77 bits per heavy atom. The maximum absolute atomic E-state index is 12.5. The molecule has 2 aliphatic carbocycles. The molecule has 2 unspecified atom stereocenters. The summed E-state index contributed by atoms with van der Waals surface area (Å²) in [5, 5.41) is 0. The zero-order valence-electron chi connectivity index (χ0n) is 15.2. The van der Waals surface area contributed by atoms with Crippen molar-refractivity contribution in [2.24, 2.45) is 11.8 Å². The fraction of sp³-hybridized carbons (Fsp3) is 0.455. The van der Waals surface area contributed by atoms with E-state index < -0.39 is 6.29 Å². The van der Waals surface area contributed by atoms with Crippen LogP contribution >= 0.6 is 0 Å². The van der Waals surface area contributed by atoms with Crippen LogP contribution in [0.25, 0.3) is 0 Å². The highest BCUT2D eigenvalue weighted by Crippen LogP contribution is 2.28. The summed E-state index contributed by atoms with van der Waals surface area (Å²) in [5.41, 5.74) is 1.79. The van der Waals surface area contributed by atoms with Gasteiger partial charge in [0, 0.05) is 5.56 Å². The third-order valence-corrected chi connectivity index (χ3v) is 5.00. The first-order chi connectivity index (χ1) is 12.6. The van der Waals surface area contributed by atoms with Crippen molar-refractivity contribution >= 4 is 11.9 Å². The number of ether oxygens (including phenoxy) is 2. The Bertz CT molecular complexity index is 649. The average molecular weight is 354 g/mol. The number of hydrogen-bond donors (Lipinski definition) is 0. The van der Waals surface area contributed by atoms with E-state index in [9.17, 15) is 9.59 Å². The molecule has 0 amide bonds. The lowest BCUT2D eigenvalue weighted by molar-refractivity contribution is -0.196. The van der Waals surface area contributed by atoms with Crippen molar-refractivity contribution in [3.8, 4) is 0 Å². The minimum atomic E-state index is -0.979. The van der Waals surface area contributed by atoms with E-state index in [0.717, 1.165) is 31.2 Å². The van der Waals surface area contributed by atoms with Gasteiger partial charge in [0.05, 0.1) is 11.8 Å². The van der Waals surface area contributed by atoms with Crippen molar-refractivity contribution in [3.63, 3.8) is 0 Å². The van der Waals surface area contributed by atoms with Crippen LogP contribution in [-0.4, -0.2) is 11.9 Å². The van der Waals surface area contributed by atoms with Crippen LogP contribution in [0.2, 0.25) is 0 Å². The van der Waals surface area contributed by atoms with Gasteiger partial charge in [-0.15, -0.1) is 0 Å². The van der Waals surface area contributed by atoms with E-state index in [-0.39, 0.29) is 23.8 Å². The molecule has 0 N–H and O–H groups in total. The minimum Gasteiger partial charge on any atom is -0.420 e. The summed E-state index contributed by atoms with van der Waals surface area (Å²) in [7, 11) is 0. The minimum absolute atomic E-state index is 0.163. The molecule has 0 saturated carbocycles. The van der Waals surface area contributed by atoms with Gasteiger partial charge in [-0.05, 0) is 45.4 Å². The van der Waals surface area contributed by atoms with E-state index in [1.807, 2.05) is 43.3 Å². The standard InChI is InChI=1S/C22H26O4/c1-16-12-14-19(15-13-16)22(25-20(23)17-8-4-2-5-9-17)26-21(24)18-10-6-3-7-11-18/h2-4,6,12-15,17-18,22H,5,7-11H2,1H3. The van der Waals surface area contributed by atoms with Gasteiger partial charge in [-0.2, -0.15) is 0 Å². The lowest BCUT2D eigenvalue weighted by atomic mass is 9.94. The van der Waals surface area contributed by atoms with Gasteiger partial charge in [-0.25, -0.2) is 0 Å². The molecule has 4 nitrogen and oxygen atoms in total. The molecule has 0 bridgehead atoms. The Morgan fingerprint density at radius 1 is 0.846 bits per heavy atom. The lowest BCUT2D eigenvalue weighted by Crippen LogP contribution is -2.27. The lowest BCUT2D eigenvalue weighted by Gasteiger charge is -2.25. The molecule has 2 aliphatic rings. The molecule has 0 heterocycles. The number of esters is 2. The van der Waals surface area contributed by atoms with Crippen LogP contribution in [-0.2, 0) is 19.1 Å². The molecule has 0 fully saturated rings. The average Bonchev–Trinajstić information content (AvgIpc) is 2.69. The van der Waals surface area contributed by atoms with Crippen LogP contribution in [0.1, 0.15) is 55.9 Å². The van der Waals surface area contributed by atoms with E-state index in [0.29, 0.717) is 18.4 Å². The van der Waals surface area contributed by atoms with Gasteiger partial charge in [0.2, 0.25) is 0 Å². The molecule has 138 valence electrons. The fourth-order valence-corrected chi connectivity index (χ4v) is 3.30. The third kappa shape index (κ3) is 4.84. The maximum Gasteiger partial charge on any atom is 0.312 e. The summed E-state index contributed by atoms with van der Waals surface area (Å²) in [6.07, 6.45) is 11.9. The molecule has 0 radical (unpaired) electrons. The van der Waals surface area contributed by atoms with Crippen LogP contribution in [0.15, 0.2) is 48.6 Å². The summed E-state index contributed by atoms with van der Waals surface area (Å²) < 4.78 is 11.3. The summed E-state index contributed by atoms with van der Waals surface area (Å²) in [5.74, 6) is -0.916. The van der Waals surface area contributed by atoms with Crippen LogP contribution < -0.4 is 0 Å². The van der Waals surface area contributed by atoms with Crippen LogP contribution in [0.4, 0.5) is 0 Å². The second kappa shape index (κ2) is 8.84. The molecule has 3 rings (SSSR count). The van der Waals surface area contributed by atoms with E-state index in [4.69, 9.17) is 9.47 Å². The summed E-state index contributed by atoms with van der Waals surface area (Å²) >= 11 is 0. The number of carbonyl (C=O) groups excluding carboxylic acids is 2. The Labute approximate surface area is 154 Å². The largest absolute Gasteiger partial charge is 0.420 e. The summed E-state index contributed by atoms with van der Waals surface area (Å²) in [4.78, 5) is 25.1. The second-order valence-electron chi connectivity index (χ2n) is 7.08. The molecule has 1 aromatic carbocycles. The van der Waals surface area contributed by atoms with Crippen LogP contribution in [0.3, 0.4) is 0 Å². The first-order valence-corrected chi connectivity index (χ1v) is 9.41. The Kier molecular flexibility index (Phi) is 6.26. The number of hydrogen-bond acceptors (Lipinski definition) is 4. The number of carbonyl (C=O) groups is 2. The second-order valence-corrected chi connectivity index (χ2v) is 7.08. The number of allylic oxidation sites excluding steroid dienone is 4. The van der Waals surface area contributed by atoms with E-state index in [1.54, 1.807) is 0 Å². The molecule has 0 saturated heterocycles. The Morgan fingerprint density at radius 2 is 1.35 bits per heavy atom. The SMILES string of the molecule is Cc1ccc(C(OC(=O)C2CC=CCC2)OC(=O)C2CC=CCC2)cc1. The number of benzene rings is 1. The van der Waals surface area contributed by atoms with Gasteiger partial charge in [-0.3, -0.25) is 9.59 Å². The number of aryl methyl sites for hydroxylation is 1. The van der Waals surface area contributed by atoms with Gasteiger partial charge in [0.25, 0.3) is 6.29 Å². The zero-order valence-corrected chi connectivity index (χ0v) is 15.2. The third-order valence-electron chi connectivity index (χ3n) is 5.00. The zero-order chi connectivity index (χ0) is 18.4. The van der Waals surface area contributed by atoms with Gasteiger partial charge < -0.3 is 9.47 Å². The predicted octanol–water partition coefficient (Wildman–Crippen LogP) is 4.79. The quantitative estimate of drug-likeness (QED) is 0.433. The van der Waals surface area contributed by atoms with Gasteiger partial charge in [0.1, 0.15) is 0 Å². The predicted molar refractivity (Wildman–Crippen MR) is 99.1 cm³/mol. The molecular formula is C22H26O4. The van der Waals surface area contributed by atoms with Gasteiger partial charge >= 0.3 is 11.9 Å². The fourth-order valence-electron chi connectivity index (χ4n) is 3.30. The molecule has 0 aromatic heterocycles. The highest BCUT2D eigenvalue weighted by molar-refractivity contribution is 5.75. The number of rotatable bonds is 5. The van der Waals surface area contributed by atoms with Crippen molar-refractivity contribution in [1.29, 1.82) is 0 Å². The Balaban J connectivity index is 1.71. The smallest absolute Gasteiger partial charge is 0.312 e. The van der Waals surface area contributed by atoms with Crippen molar-refractivity contribution < 1.29 is 19.1 Å². The summed E-state index contributed by atoms with van der Waals surface area (Å²) in [6, 6.07) is 7.55. The molecular weight excluding hydrogens is 328 g/mol. The summed E-state index contributed by atoms with van der Waals surface area (Å²) in [6.45, 7) is 1.99. The maximum atomic E-state index is 12.5. The van der Waals surface area contributed by atoms with Gasteiger partial charge in [-0.1, -0.05) is 54.1 Å². The molecule has 0 aliphatic heterocycles. The van der Waals surface area contributed by atoms with Crippen molar-refractivity contribution in [2.75, 3.05) is 0 Å². The van der Waals surface area contributed by atoms with Crippen molar-refractivity contribution in [1.82, 2.24) is 0 Å². The molecule has 0 spiro atoms. The first kappa shape index (κ1) is 18.4. The van der Waals surface area contributed by atoms with E-state index in [2.05, 4.69) is 12.2 Å². The van der Waals surface area contributed by atoms with E-state index >= 15 is 0 Å². The molecule has 4 heteroatoms. The highest BCUT2D eigenvalue weighted by Gasteiger charge is 2.29. The normalized spacial score (nSPS) is 23.3. The molecule has 26 heavy (non-hydrogen) atoms. The van der Waals surface area contributed by atoms with E-state index in [1.165, 1.54) is 0 Å². The van der Waals surface area contributed by atoms with Crippen molar-refractivity contribution in [3.05, 3.63) is 59.7 Å².